The molecule has 0 unspecified atom stereocenters. The summed E-state index contributed by atoms with van der Waals surface area (Å²) in [6.45, 7) is 1.97. The van der Waals surface area contributed by atoms with Gasteiger partial charge in [0.25, 0.3) is 0 Å². The van der Waals surface area contributed by atoms with Crippen LogP contribution in [0.4, 0.5) is 0 Å². The molecule has 1 heterocycles. The van der Waals surface area contributed by atoms with Crippen molar-refractivity contribution in [1.82, 2.24) is 5.16 Å². The van der Waals surface area contributed by atoms with Gasteiger partial charge in [0.15, 0.2) is 5.76 Å². The predicted octanol–water partition coefficient (Wildman–Crippen LogP) is 3.49. The first kappa shape index (κ1) is 20.1. The van der Waals surface area contributed by atoms with Gasteiger partial charge in [0.05, 0.1) is 18.3 Å². The predicted molar refractivity (Wildman–Crippen MR) is 92.1 cm³/mol. The van der Waals surface area contributed by atoms with E-state index in [1.165, 1.54) is 57.8 Å². The highest BCUT2D eigenvalue weighted by Gasteiger charge is 2.20. The summed E-state index contributed by atoms with van der Waals surface area (Å²) in [5, 5.41) is 22.7. The Morgan fingerprint density at radius 2 is 1.61 bits per heavy atom. The number of aliphatic hydroxyl groups excluding tert-OH is 2. The lowest BCUT2D eigenvalue weighted by molar-refractivity contribution is 0.0843. The third-order valence-electron chi connectivity index (χ3n) is 4.27. The number of aromatic nitrogens is 1. The lowest BCUT2D eigenvalue weighted by Crippen LogP contribution is -2.31. The van der Waals surface area contributed by atoms with Crippen molar-refractivity contribution < 1.29 is 14.7 Å². The van der Waals surface area contributed by atoms with Crippen LogP contribution in [0.2, 0.25) is 0 Å². The van der Waals surface area contributed by atoms with E-state index in [2.05, 4.69) is 12.1 Å². The minimum atomic E-state index is -0.992. The van der Waals surface area contributed by atoms with Crippen molar-refractivity contribution in [3.8, 4) is 0 Å². The number of nitrogens with zero attached hydrogens (tertiary/aromatic N) is 1. The van der Waals surface area contributed by atoms with Crippen LogP contribution < -0.4 is 5.73 Å². The number of unbranched alkanes of at least 4 members (excludes halogenated alkanes) is 9. The van der Waals surface area contributed by atoms with Crippen LogP contribution in [0.3, 0.4) is 0 Å². The van der Waals surface area contributed by atoms with Gasteiger partial charge in [-0.25, -0.2) is 0 Å². The van der Waals surface area contributed by atoms with Crippen LogP contribution in [0, 0.1) is 0 Å². The quantitative estimate of drug-likeness (QED) is 0.455. The molecule has 0 saturated heterocycles. The molecule has 0 amide bonds. The second-order valence-electron chi connectivity index (χ2n) is 6.44. The maximum atomic E-state index is 9.83. The smallest absolute Gasteiger partial charge is 0.167 e. The Morgan fingerprint density at radius 3 is 2.17 bits per heavy atom. The fraction of sp³-hybridized carbons (Fsp3) is 0.833. The summed E-state index contributed by atoms with van der Waals surface area (Å²) >= 11 is 0. The second kappa shape index (κ2) is 12.5. The Bertz CT molecular complexity index is 395. The maximum Gasteiger partial charge on any atom is 0.167 e. The number of rotatable bonds is 14. The van der Waals surface area contributed by atoms with E-state index >= 15 is 0 Å². The Balaban J connectivity index is 2.05. The van der Waals surface area contributed by atoms with Gasteiger partial charge in [0, 0.05) is 6.07 Å². The van der Waals surface area contributed by atoms with E-state index in [4.69, 9.17) is 15.4 Å². The number of hydrogen-bond donors (Lipinski definition) is 3. The zero-order valence-corrected chi connectivity index (χ0v) is 14.5. The Kier molecular flexibility index (Phi) is 10.9. The van der Waals surface area contributed by atoms with E-state index in [9.17, 15) is 5.11 Å². The first-order chi connectivity index (χ1) is 11.2. The molecule has 1 aromatic rings. The van der Waals surface area contributed by atoms with Gasteiger partial charge in [-0.2, -0.15) is 0 Å². The van der Waals surface area contributed by atoms with Crippen LogP contribution in [0.15, 0.2) is 10.6 Å². The molecule has 23 heavy (non-hydrogen) atoms. The average Bonchev–Trinajstić information content (AvgIpc) is 3.04. The summed E-state index contributed by atoms with van der Waals surface area (Å²) in [5.74, 6) is 0.341. The zero-order valence-electron chi connectivity index (χ0n) is 14.5. The SMILES string of the molecule is CCCCCCCCCCCCc1cc([C@@H](O)[C@@H](N)CO)on1. The molecule has 0 spiro atoms. The normalized spacial score (nSPS) is 14.1. The number of aryl methyl sites for hydroxylation is 1. The van der Waals surface area contributed by atoms with Crippen molar-refractivity contribution in [2.75, 3.05) is 6.61 Å². The van der Waals surface area contributed by atoms with Crippen molar-refractivity contribution in [1.29, 1.82) is 0 Å². The molecule has 5 heteroatoms. The fourth-order valence-corrected chi connectivity index (χ4v) is 2.69. The minimum absolute atomic E-state index is 0.282. The summed E-state index contributed by atoms with van der Waals surface area (Å²) in [5.41, 5.74) is 6.43. The maximum absolute atomic E-state index is 9.83. The summed E-state index contributed by atoms with van der Waals surface area (Å²) in [6, 6.07) is 1.02. The highest BCUT2D eigenvalue weighted by Crippen LogP contribution is 2.18. The summed E-state index contributed by atoms with van der Waals surface area (Å²) in [7, 11) is 0. The van der Waals surface area contributed by atoms with Gasteiger partial charge in [0.1, 0.15) is 6.10 Å². The lowest BCUT2D eigenvalue weighted by atomic mass is 10.0. The molecular weight excluding hydrogens is 292 g/mol. The highest BCUT2D eigenvalue weighted by atomic mass is 16.5. The van der Waals surface area contributed by atoms with E-state index < -0.39 is 12.1 Å². The molecule has 0 aliphatic rings. The van der Waals surface area contributed by atoms with Gasteiger partial charge in [-0.05, 0) is 12.8 Å². The van der Waals surface area contributed by atoms with Gasteiger partial charge >= 0.3 is 0 Å². The van der Waals surface area contributed by atoms with E-state index in [0.717, 1.165) is 18.5 Å². The van der Waals surface area contributed by atoms with Crippen molar-refractivity contribution >= 4 is 0 Å². The van der Waals surface area contributed by atoms with Crippen LogP contribution in [0.25, 0.3) is 0 Å². The largest absolute Gasteiger partial charge is 0.395 e. The highest BCUT2D eigenvalue weighted by molar-refractivity contribution is 5.09. The topological polar surface area (TPSA) is 92.5 Å². The van der Waals surface area contributed by atoms with Crippen LogP contribution >= 0.6 is 0 Å². The summed E-state index contributed by atoms with van der Waals surface area (Å²) in [4.78, 5) is 0. The summed E-state index contributed by atoms with van der Waals surface area (Å²) < 4.78 is 5.10. The molecule has 0 aromatic carbocycles. The zero-order chi connectivity index (χ0) is 16.9. The lowest BCUT2D eigenvalue weighted by Gasteiger charge is -2.12. The molecule has 0 fully saturated rings. The second-order valence-corrected chi connectivity index (χ2v) is 6.44. The van der Waals surface area contributed by atoms with E-state index in [1.54, 1.807) is 6.07 Å². The van der Waals surface area contributed by atoms with Crippen LogP contribution in [0.1, 0.15) is 88.7 Å². The van der Waals surface area contributed by atoms with Crippen LogP contribution in [0.5, 0.6) is 0 Å². The molecule has 134 valence electrons. The van der Waals surface area contributed by atoms with Crippen molar-refractivity contribution in [3.63, 3.8) is 0 Å². The molecule has 0 saturated carbocycles. The molecule has 4 N–H and O–H groups in total. The van der Waals surface area contributed by atoms with Crippen molar-refractivity contribution in [3.05, 3.63) is 17.5 Å². The number of nitrogens with two attached hydrogens (primary N) is 1. The minimum Gasteiger partial charge on any atom is -0.395 e. The van der Waals surface area contributed by atoms with Gasteiger partial charge in [-0.15, -0.1) is 0 Å². The Labute approximate surface area is 140 Å². The molecule has 0 bridgehead atoms. The fourth-order valence-electron chi connectivity index (χ4n) is 2.69. The third-order valence-corrected chi connectivity index (χ3v) is 4.27. The third kappa shape index (κ3) is 8.49. The van der Waals surface area contributed by atoms with Crippen molar-refractivity contribution in [2.45, 2.75) is 89.7 Å². The van der Waals surface area contributed by atoms with Gasteiger partial charge in [-0.1, -0.05) is 69.9 Å². The molecule has 1 rings (SSSR count). The molecule has 5 nitrogen and oxygen atoms in total. The van der Waals surface area contributed by atoms with Gasteiger partial charge in [-0.3, -0.25) is 0 Å². The molecule has 0 aliphatic heterocycles. The molecule has 1 aromatic heterocycles. The molecule has 0 aliphatic carbocycles. The van der Waals surface area contributed by atoms with E-state index in [-0.39, 0.29) is 6.61 Å². The first-order valence-corrected chi connectivity index (χ1v) is 9.19. The Morgan fingerprint density at radius 1 is 1.04 bits per heavy atom. The molecule has 0 radical (unpaired) electrons. The standard InChI is InChI=1S/C18H34N2O3/c1-2-3-4-5-6-7-8-9-10-11-12-15-13-17(23-20-15)18(22)16(19)14-21/h13,16,18,21-22H,2-12,14,19H2,1H3/t16-,18-/m0/s1. The van der Waals surface area contributed by atoms with E-state index in [1.807, 2.05) is 0 Å². The number of hydrogen-bond acceptors (Lipinski definition) is 5. The molecule has 2 atom stereocenters. The number of aliphatic hydroxyl groups is 2. The van der Waals surface area contributed by atoms with Gasteiger partial charge in [0.2, 0.25) is 0 Å². The first-order valence-electron chi connectivity index (χ1n) is 9.19. The molecular formula is C18H34N2O3. The average molecular weight is 326 g/mol. The summed E-state index contributed by atoms with van der Waals surface area (Å²) in [6.07, 6.45) is 12.9. The van der Waals surface area contributed by atoms with Crippen LogP contribution in [-0.4, -0.2) is 28.0 Å². The van der Waals surface area contributed by atoms with Crippen LogP contribution in [-0.2, 0) is 6.42 Å². The van der Waals surface area contributed by atoms with Gasteiger partial charge < -0.3 is 20.5 Å². The van der Waals surface area contributed by atoms with Crippen molar-refractivity contribution in [2.24, 2.45) is 5.73 Å². The van der Waals surface area contributed by atoms with E-state index in [0.29, 0.717) is 5.76 Å². The Hall–Kier alpha value is -0.910. The monoisotopic (exact) mass is 326 g/mol.